The van der Waals surface area contributed by atoms with Gasteiger partial charge in [-0.1, -0.05) is 42.5 Å². The molecular formula is C27H21N3. The van der Waals surface area contributed by atoms with Gasteiger partial charge in [-0.3, -0.25) is 9.97 Å². The highest BCUT2D eigenvalue weighted by molar-refractivity contribution is 5.91. The van der Waals surface area contributed by atoms with E-state index in [2.05, 4.69) is 71.0 Å². The number of para-hydroxylation sites is 1. The quantitative estimate of drug-likeness (QED) is 0.377. The molecule has 0 saturated heterocycles. The first kappa shape index (κ1) is 17.2. The van der Waals surface area contributed by atoms with Crippen molar-refractivity contribution < 1.29 is 0 Å². The highest BCUT2D eigenvalue weighted by Gasteiger charge is 2.11. The summed E-state index contributed by atoms with van der Waals surface area (Å²) in [5, 5.41) is 7.02. The van der Waals surface area contributed by atoms with Gasteiger partial charge in [0.05, 0.1) is 11.2 Å². The Balaban J connectivity index is 1.43. The fraction of sp³-hybridized carbons (Fsp3) is 0.111. The summed E-state index contributed by atoms with van der Waals surface area (Å²) in [6, 6.07) is 25.8. The maximum Gasteiger partial charge on any atom is 0.0709 e. The minimum absolute atomic E-state index is 1.01. The van der Waals surface area contributed by atoms with Gasteiger partial charge in [0.1, 0.15) is 0 Å². The summed E-state index contributed by atoms with van der Waals surface area (Å²) in [6.45, 7) is 1.05. The van der Waals surface area contributed by atoms with Crippen molar-refractivity contribution in [3.05, 3.63) is 90.8 Å². The highest BCUT2D eigenvalue weighted by atomic mass is 14.9. The predicted octanol–water partition coefficient (Wildman–Crippen LogP) is 6.48. The van der Waals surface area contributed by atoms with Crippen molar-refractivity contribution in [2.45, 2.75) is 12.8 Å². The third kappa shape index (κ3) is 3.00. The van der Waals surface area contributed by atoms with Gasteiger partial charge in [0.2, 0.25) is 0 Å². The number of hydrogen-bond acceptors (Lipinski definition) is 3. The number of nitrogens with one attached hydrogen (secondary N) is 1. The van der Waals surface area contributed by atoms with Crippen LogP contribution in [0.2, 0.25) is 0 Å². The molecular weight excluding hydrogens is 366 g/mol. The van der Waals surface area contributed by atoms with E-state index in [1.54, 1.807) is 0 Å². The number of pyridine rings is 2. The Bertz CT molecular complexity index is 1400. The van der Waals surface area contributed by atoms with Crippen molar-refractivity contribution in [2.24, 2.45) is 0 Å². The van der Waals surface area contributed by atoms with Crippen LogP contribution in [0.1, 0.15) is 12.0 Å². The summed E-state index contributed by atoms with van der Waals surface area (Å²) >= 11 is 0. The summed E-state index contributed by atoms with van der Waals surface area (Å²) in [4.78, 5) is 9.35. The number of benzene rings is 3. The van der Waals surface area contributed by atoms with Crippen LogP contribution in [0, 0.1) is 0 Å². The van der Waals surface area contributed by atoms with Gasteiger partial charge in [0, 0.05) is 46.5 Å². The number of aromatic nitrogens is 2. The standard InChI is InChI=1S/C27H21N3/c1-2-6-25-20(4-1)13-24(17-29-25)19-8-10-22-16-30-27(15-23(22)12-19)21-9-7-18-5-3-11-28-26(18)14-21/h1-2,4,6-10,12-17,28H,3,5,11H2. The van der Waals surface area contributed by atoms with Crippen LogP contribution in [-0.4, -0.2) is 16.5 Å². The minimum atomic E-state index is 1.01. The number of fused-ring (bicyclic) bond motifs is 3. The number of rotatable bonds is 2. The summed E-state index contributed by atoms with van der Waals surface area (Å²) in [5.74, 6) is 0. The van der Waals surface area contributed by atoms with Crippen LogP contribution in [-0.2, 0) is 6.42 Å². The van der Waals surface area contributed by atoms with Crippen molar-refractivity contribution in [2.75, 3.05) is 11.9 Å². The van der Waals surface area contributed by atoms with Crippen molar-refractivity contribution in [1.82, 2.24) is 9.97 Å². The molecule has 0 fully saturated rings. The summed E-state index contributed by atoms with van der Waals surface area (Å²) in [6.07, 6.45) is 6.28. The Morgan fingerprint density at radius 3 is 2.57 bits per heavy atom. The maximum absolute atomic E-state index is 4.73. The Hall–Kier alpha value is -3.72. The van der Waals surface area contributed by atoms with Gasteiger partial charge >= 0.3 is 0 Å². The molecule has 0 radical (unpaired) electrons. The van der Waals surface area contributed by atoms with E-state index in [4.69, 9.17) is 4.98 Å². The third-order valence-electron chi connectivity index (χ3n) is 5.99. The van der Waals surface area contributed by atoms with Crippen LogP contribution in [0.5, 0.6) is 0 Å². The van der Waals surface area contributed by atoms with Crippen LogP contribution in [0.3, 0.4) is 0 Å². The SMILES string of the molecule is c1ccc2ncc(-c3ccc4cnc(-c5ccc6c(c5)NCCC6)cc4c3)cc2c1. The lowest BCUT2D eigenvalue weighted by Crippen LogP contribution is -2.11. The van der Waals surface area contributed by atoms with Crippen molar-refractivity contribution in [3.63, 3.8) is 0 Å². The largest absolute Gasteiger partial charge is 0.385 e. The topological polar surface area (TPSA) is 37.8 Å². The van der Waals surface area contributed by atoms with Crippen LogP contribution in [0.4, 0.5) is 5.69 Å². The molecule has 0 unspecified atom stereocenters. The predicted molar refractivity (Wildman–Crippen MR) is 125 cm³/mol. The number of nitrogens with zero attached hydrogens (tertiary/aromatic N) is 2. The average molecular weight is 387 g/mol. The van der Waals surface area contributed by atoms with E-state index in [0.29, 0.717) is 0 Å². The van der Waals surface area contributed by atoms with E-state index in [9.17, 15) is 0 Å². The zero-order chi connectivity index (χ0) is 19.9. The molecule has 0 aliphatic carbocycles. The fourth-order valence-corrected chi connectivity index (χ4v) is 4.33. The molecule has 0 saturated carbocycles. The lowest BCUT2D eigenvalue weighted by molar-refractivity contribution is 0.830. The molecule has 3 aromatic carbocycles. The Morgan fingerprint density at radius 1 is 0.667 bits per heavy atom. The van der Waals surface area contributed by atoms with Crippen LogP contribution in [0.15, 0.2) is 85.2 Å². The van der Waals surface area contributed by atoms with E-state index >= 15 is 0 Å². The van der Waals surface area contributed by atoms with Crippen LogP contribution in [0.25, 0.3) is 44.1 Å². The first-order valence-corrected chi connectivity index (χ1v) is 10.5. The molecule has 6 rings (SSSR count). The maximum atomic E-state index is 4.73. The zero-order valence-electron chi connectivity index (χ0n) is 16.6. The normalized spacial score (nSPS) is 13.2. The molecule has 0 amide bonds. The summed E-state index contributed by atoms with van der Waals surface area (Å²) in [5.41, 5.74) is 8.13. The van der Waals surface area contributed by atoms with Crippen molar-refractivity contribution >= 4 is 27.4 Å². The van der Waals surface area contributed by atoms with Gasteiger partial charge in [-0.25, -0.2) is 0 Å². The molecule has 3 heterocycles. The van der Waals surface area contributed by atoms with E-state index in [1.165, 1.54) is 28.6 Å². The molecule has 0 spiro atoms. The Kier molecular flexibility index (Phi) is 3.98. The molecule has 3 heteroatoms. The van der Waals surface area contributed by atoms with Gasteiger partial charge in [-0.05, 0) is 59.7 Å². The van der Waals surface area contributed by atoms with Gasteiger partial charge in [-0.2, -0.15) is 0 Å². The highest BCUT2D eigenvalue weighted by Crippen LogP contribution is 2.31. The molecule has 30 heavy (non-hydrogen) atoms. The van der Waals surface area contributed by atoms with E-state index < -0.39 is 0 Å². The van der Waals surface area contributed by atoms with Crippen molar-refractivity contribution in [3.8, 4) is 22.4 Å². The second-order valence-corrected chi connectivity index (χ2v) is 7.95. The first-order chi connectivity index (χ1) is 14.8. The zero-order valence-corrected chi connectivity index (χ0v) is 16.6. The van der Waals surface area contributed by atoms with Crippen LogP contribution < -0.4 is 5.32 Å². The van der Waals surface area contributed by atoms with Gasteiger partial charge < -0.3 is 5.32 Å². The molecule has 1 aliphatic heterocycles. The fourth-order valence-electron chi connectivity index (χ4n) is 4.33. The van der Waals surface area contributed by atoms with Crippen molar-refractivity contribution in [1.29, 1.82) is 0 Å². The number of anilines is 1. The molecule has 1 aliphatic rings. The van der Waals surface area contributed by atoms with Gasteiger partial charge in [0.25, 0.3) is 0 Å². The van der Waals surface area contributed by atoms with Crippen LogP contribution >= 0.6 is 0 Å². The summed E-state index contributed by atoms with van der Waals surface area (Å²) < 4.78 is 0. The Morgan fingerprint density at radius 2 is 1.57 bits per heavy atom. The molecule has 1 N–H and O–H groups in total. The number of hydrogen-bond donors (Lipinski definition) is 1. The third-order valence-corrected chi connectivity index (χ3v) is 5.99. The van der Waals surface area contributed by atoms with E-state index in [1.807, 2.05) is 24.5 Å². The monoisotopic (exact) mass is 387 g/mol. The van der Waals surface area contributed by atoms with Gasteiger partial charge in [0.15, 0.2) is 0 Å². The second-order valence-electron chi connectivity index (χ2n) is 7.95. The lowest BCUT2D eigenvalue weighted by atomic mass is 9.98. The molecule has 0 bridgehead atoms. The number of aryl methyl sites for hydroxylation is 1. The minimum Gasteiger partial charge on any atom is -0.385 e. The first-order valence-electron chi connectivity index (χ1n) is 10.5. The molecule has 2 aromatic heterocycles. The lowest BCUT2D eigenvalue weighted by Gasteiger charge is -2.18. The van der Waals surface area contributed by atoms with Gasteiger partial charge in [-0.15, -0.1) is 0 Å². The molecule has 5 aromatic rings. The van der Waals surface area contributed by atoms with E-state index in [0.717, 1.165) is 46.1 Å². The molecule has 144 valence electrons. The van der Waals surface area contributed by atoms with E-state index in [-0.39, 0.29) is 0 Å². The molecule has 0 atom stereocenters. The summed E-state index contributed by atoms with van der Waals surface area (Å²) in [7, 11) is 0. The molecule has 3 nitrogen and oxygen atoms in total. The average Bonchev–Trinajstić information content (AvgIpc) is 2.82. The smallest absolute Gasteiger partial charge is 0.0709 e. The Labute approximate surface area is 175 Å². The second kappa shape index (κ2) is 6.96.